The number of aromatic nitrogens is 1. The van der Waals surface area contributed by atoms with Crippen molar-refractivity contribution in [2.45, 2.75) is 56.2 Å². The normalized spacial score (nSPS) is 36.8. The zero-order chi connectivity index (χ0) is 11.7. The Morgan fingerprint density at radius 2 is 1.88 bits per heavy atom. The van der Waals surface area contributed by atoms with Crippen LogP contribution in [0.2, 0.25) is 0 Å². The number of piperidine rings is 2. The van der Waals surface area contributed by atoms with Gasteiger partial charge in [0.1, 0.15) is 0 Å². The molecule has 3 nitrogen and oxygen atoms in total. The van der Waals surface area contributed by atoms with Gasteiger partial charge >= 0.3 is 0 Å². The Morgan fingerprint density at radius 3 is 2.53 bits per heavy atom. The smallest absolute Gasteiger partial charge is 0.0717 e. The van der Waals surface area contributed by atoms with Crippen LogP contribution in [0.4, 0.5) is 0 Å². The fourth-order valence-corrected chi connectivity index (χ4v) is 3.46. The molecule has 2 bridgehead atoms. The number of nitrogens with zero attached hydrogens (tertiary/aromatic N) is 1. The number of aliphatic hydroxyl groups is 1. The van der Waals surface area contributed by atoms with Gasteiger partial charge in [-0.15, -0.1) is 0 Å². The highest BCUT2D eigenvalue weighted by atomic mass is 16.3. The molecule has 0 spiro atoms. The second-order valence-corrected chi connectivity index (χ2v) is 5.66. The summed E-state index contributed by atoms with van der Waals surface area (Å²) in [6, 6.07) is 5.06. The molecule has 0 amide bonds. The van der Waals surface area contributed by atoms with E-state index in [0.717, 1.165) is 19.3 Å². The van der Waals surface area contributed by atoms with Crippen molar-refractivity contribution < 1.29 is 5.11 Å². The van der Waals surface area contributed by atoms with Crippen LogP contribution in [-0.2, 0) is 6.42 Å². The van der Waals surface area contributed by atoms with Crippen LogP contribution >= 0.6 is 0 Å². The minimum Gasteiger partial charge on any atom is -0.389 e. The van der Waals surface area contributed by atoms with Gasteiger partial charge in [0.2, 0.25) is 0 Å². The second-order valence-electron chi connectivity index (χ2n) is 5.66. The highest BCUT2D eigenvalue weighted by molar-refractivity contribution is 5.14. The van der Waals surface area contributed by atoms with E-state index in [-0.39, 0.29) is 0 Å². The Labute approximate surface area is 102 Å². The first-order valence-corrected chi connectivity index (χ1v) is 6.61. The molecular weight excluding hydrogens is 212 g/mol. The molecule has 0 saturated carbocycles. The maximum absolute atomic E-state index is 10.8. The lowest BCUT2D eigenvalue weighted by molar-refractivity contribution is -0.0302. The van der Waals surface area contributed by atoms with E-state index in [1.165, 1.54) is 24.8 Å². The lowest BCUT2D eigenvalue weighted by Gasteiger charge is -2.45. The molecule has 2 atom stereocenters. The quantitative estimate of drug-likeness (QED) is 0.815. The van der Waals surface area contributed by atoms with E-state index in [0.29, 0.717) is 12.1 Å². The molecule has 2 unspecified atom stereocenters. The third kappa shape index (κ3) is 2.50. The molecule has 3 rings (SSSR count). The van der Waals surface area contributed by atoms with E-state index >= 15 is 0 Å². The summed E-state index contributed by atoms with van der Waals surface area (Å²) in [6.07, 6.45) is 9.92. The van der Waals surface area contributed by atoms with Gasteiger partial charge in [-0.05, 0) is 43.4 Å². The van der Waals surface area contributed by atoms with Crippen LogP contribution in [0.15, 0.2) is 24.5 Å². The summed E-state index contributed by atoms with van der Waals surface area (Å²) in [5.41, 5.74) is 0.685. The number of hydrogen-bond donors (Lipinski definition) is 2. The Balaban J connectivity index is 1.73. The van der Waals surface area contributed by atoms with Crippen molar-refractivity contribution in [1.29, 1.82) is 0 Å². The van der Waals surface area contributed by atoms with Gasteiger partial charge in [-0.2, -0.15) is 0 Å². The van der Waals surface area contributed by atoms with E-state index in [1.807, 2.05) is 12.1 Å². The Hall–Kier alpha value is -0.930. The van der Waals surface area contributed by atoms with Crippen LogP contribution in [0.1, 0.15) is 37.7 Å². The molecule has 2 aliphatic rings. The molecule has 1 aromatic heterocycles. The van der Waals surface area contributed by atoms with Gasteiger partial charge in [-0.3, -0.25) is 4.98 Å². The van der Waals surface area contributed by atoms with Crippen molar-refractivity contribution in [3.05, 3.63) is 30.1 Å². The summed E-state index contributed by atoms with van der Waals surface area (Å²) < 4.78 is 0. The predicted molar refractivity (Wildman–Crippen MR) is 66.7 cm³/mol. The molecule has 2 fully saturated rings. The largest absolute Gasteiger partial charge is 0.389 e. The van der Waals surface area contributed by atoms with Crippen molar-refractivity contribution in [1.82, 2.24) is 10.3 Å². The van der Waals surface area contributed by atoms with Gasteiger partial charge < -0.3 is 10.4 Å². The highest BCUT2D eigenvalue weighted by Gasteiger charge is 2.40. The molecule has 2 N–H and O–H groups in total. The van der Waals surface area contributed by atoms with E-state index < -0.39 is 5.60 Å². The number of rotatable bonds is 2. The predicted octanol–water partition coefficient (Wildman–Crippen LogP) is 1.66. The summed E-state index contributed by atoms with van der Waals surface area (Å²) in [5, 5.41) is 14.4. The number of hydrogen-bond acceptors (Lipinski definition) is 3. The van der Waals surface area contributed by atoms with E-state index in [1.54, 1.807) is 12.4 Å². The molecule has 0 aromatic carbocycles. The van der Waals surface area contributed by atoms with Gasteiger partial charge in [0.25, 0.3) is 0 Å². The summed E-state index contributed by atoms with van der Waals surface area (Å²) in [6.45, 7) is 0. The zero-order valence-electron chi connectivity index (χ0n) is 10.1. The number of nitrogens with one attached hydrogen (secondary N) is 1. The monoisotopic (exact) mass is 232 g/mol. The first kappa shape index (κ1) is 11.2. The van der Waals surface area contributed by atoms with Crippen molar-refractivity contribution >= 4 is 0 Å². The van der Waals surface area contributed by atoms with Crippen LogP contribution in [0.25, 0.3) is 0 Å². The maximum Gasteiger partial charge on any atom is 0.0717 e. The maximum atomic E-state index is 10.8. The van der Waals surface area contributed by atoms with E-state index in [2.05, 4.69) is 10.3 Å². The Kier molecular flexibility index (Phi) is 2.89. The zero-order valence-corrected chi connectivity index (χ0v) is 10.1. The summed E-state index contributed by atoms with van der Waals surface area (Å²) >= 11 is 0. The Morgan fingerprint density at radius 1 is 1.24 bits per heavy atom. The van der Waals surface area contributed by atoms with Crippen LogP contribution in [0, 0.1) is 0 Å². The van der Waals surface area contributed by atoms with Crippen molar-refractivity contribution in [2.75, 3.05) is 0 Å². The summed E-state index contributed by atoms with van der Waals surface area (Å²) in [4.78, 5) is 4.02. The minimum absolute atomic E-state index is 0.512. The number of pyridine rings is 1. The summed E-state index contributed by atoms with van der Waals surface area (Å²) in [5.74, 6) is 0. The third-order valence-electron chi connectivity index (χ3n) is 4.11. The highest BCUT2D eigenvalue weighted by Crippen LogP contribution is 2.34. The van der Waals surface area contributed by atoms with Crippen molar-refractivity contribution in [3.63, 3.8) is 0 Å². The summed E-state index contributed by atoms with van der Waals surface area (Å²) in [7, 11) is 0. The first-order chi connectivity index (χ1) is 8.23. The van der Waals surface area contributed by atoms with Gasteiger partial charge in [0, 0.05) is 30.9 Å². The average Bonchev–Trinajstić information content (AvgIpc) is 2.28. The molecule has 17 heavy (non-hydrogen) atoms. The molecule has 2 aliphatic heterocycles. The molecule has 3 heterocycles. The van der Waals surface area contributed by atoms with Gasteiger partial charge in [0.05, 0.1) is 5.60 Å². The molecule has 92 valence electrons. The van der Waals surface area contributed by atoms with Gasteiger partial charge in [-0.25, -0.2) is 0 Å². The van der Waals surface area contributed by atoms with Crippen LogP contribution in [0.5, 0.6) is 0 Å². The molecule has 3 heteroatoms. The SMILES string of the molecule is OC1(Cc2ccncc2)CC2CCCC(C1)N2. The van der Waals surface area contributed by atoms with Gasteiger partial charge in [0.15, 0.2) is 0 Å². The van der Waals surface area contributed by atoms with Crippen molar-refractivity contribution in [3.8, 4) is 0 Å². The van der Waals surface area contributed by atoms with E-state index in [9.17, 15) is 5.11 Å². The molecular formula is C14H20N2O. The standard InChI is InChI=1S/C14H20N2O/c17-14(8-11-4-6-15-7-5-11)9-12-2-1-3-13(10-14)16-12/h4-7,12-13,16-17H,1-3,8-10H2. The number of fused-ring (bicyclic) bond motifs is 2. The lowest BCUT2D eigenvalue weighted by Crippen LogP contribution is -2.56. The third-order valence-corrected chi connectivity index (χ3v) is 4.11. The molecule has 0 aliphatic carbocycles. The lowest BCUT2D eigenvalue weighted by atomic mass is 9.75. The topological polar surface area (TPSA) is 45.2 Å². The second kappa shape index (κ2) is 4.39. The Bertz CT molecular complexity index is 367. The van der Waals surface area contributed by atoms with Crippen LogP contribution in [-0.4, -0.2) is 27.8 Å². The molecule has 0 radical (unpaired) electrons. The van der Waals surface area contributed by atoms with Gasteiger partial charge in [-0.1, -0.05) is 6.42 Å². The van der Waals surface area contributed by atoms with Crippen LogP contribution < -0.4 is 5.32 Å². The van der Waals surface area contributed by atoms with Crippen LogP contribution in [0.3, 0.4) is 0 Å². The fourth-order valence-electron chi connectivity index (χ4n) is 3.46. The molecule has 1 aromatic rings. The molecule has 2 saturated heterocycles. The van der Waals surface area contributed by atoms with Crippen molar-refractivity contribution in [2.24, 2.45) is 0 Å². The fraction of sp³-hybridized carbons (Fsp3) is 0.643. The van der Waals surface area contributed by atoms with E-state index in [4.69, 9.17) is 0 Å². The first-order valence-electron chi connectivity index (χ1n) is 6.61. The average molecular weight is 232 g/mol. The minimum atomic E-state index is -0.512.